The second-order valence-electron chi connectivity index (χ2n) is 4.52. The number of H-pyrrole nitrogens is 1. The lowest BCUT2D eigenvalue weighted by molar-refractivity contribution is 0.112. The number of rotatable bonds is 5. The Morgan fingerprint density at radius 3 is 3.05 bits per heavy atom. The summed E-state index contributed by atoms with van der Waals surface area (Å²) in [5.41, 5.74) is 2.81. The Labute approximate surface area is 120 Å². The van der Waals surface area contributed by atoms with Gasteiger partial charge >= 0.3 is 0 Å². The van der Waals surface area contributed by atoms with Gasteiger partial charge in [0.05, 0.1) is 36.7 Å². The quantitative estimate of drug-likeness (QED) is 0.688. The number of aromatic nitrogens is 4. The van der Waals surface area contributed by atoms with Crippen LogP contribution in [0.3, 0.4) is 0 Å². The summed E-state index contributed by atoms with van der Waals surface area (Å²) in [5, 5.41) is 16.6. The SMILES string of the molecule is COc1[nH]ncc1-c1cc2c(cn1)c(C=O)cn2CCO. The molecule has 7 heteroatoms. The van der Waals surface area contributed by atoms with Crippen molar-refractivity contribution in [2.45, 2.75) is 6.54 Å². The van der Waals surface area contributed by atoms with Crippen LogP contribution in [0.15, 0.2) is 24.7 Å². The zero-order valence-corrected chi connectivity index (χ0v) is 11.4. The van der Waals surface area contributed by atoms with Crippen molar-refractivity contribution in [1.29, 1.82) is 0 Å². The highest BCUT2D eigenvalue weighted by Gasteiger charge is 2.14. The van der Waals surface area contributed by atoms with E-state index < -0.39 is 0 Å². The van der Waals surface area contributed by atoms with Crippen molar-refractivity contribution >= 4 is 17.2 Å². The Hall–Kier alpha value is -2.67. The number of pyridine rings is 1. The molecule has 0 aliphatic heterocycles. The van der Waals surface area contributed by atoms with Crippen LogP contribution in [0.1, 0.15) is 10.4 Å². The summed E-state index contributed by atoms with van der Waals surface area (Å²) < 4.78 is 7.03. The average molecular weight is 286 g/mol. The maximum atomic E-state index is 11.1. The molecular weight excluding hydrogens is 272 g/mol. The molecule has 0 aliphatic rings. The summed E-state index contributed by atoms with van der Waals surface area (Å²) in [6, 6.07) is 1.85. The molecule has 3 rings (SSSR count). The molecule has 3 aromatic rings. The first-order valence-electron chi connectivity index (χ1n) is 6.41. The summed E-state index contributed by atoms with van der Waals surface area (Å²) >= 11 is 0. The molecule has 0 radical (unpaired) electrons. The highest BCUT2D eigenvalue weighted by atomic mass is 16.5. The molecular formula is C14H14N4O3. The molecule has 0 aromatic carbocycles. The Balaban J connectivity index is 2.19. The van der Waals surface area contributed by atoms with Crippen LogP contribution in [0.5, 0.6) is 5.88 Å². The van der Waals surface area contributed by atoms with Gasteiger partial charge in [-0.1, -0.05) is 0 Å². The third-order valence-electron chi connectivity index (χ3n) is 3.35. The van der Waals surface area contributed by atoms with Gasteiger partial charge in [-0.3, -0.25) is 9.78 Å². The topological polar surface area (TPSA) is 93.0 Å². The number of fused-ring (bicyclic) bond motifs is 1. The number of aliphatic hydroxyl groups excluding tert-OH is 1. The van der Waals surface area contributed by atoms with Crippen molar-refractivity contribution in [1.82, 2.24) is 19.7 Å². The van der Waals surface area contributed by atoms with Crippen LogP contribution in [0, 0.1) is 0 Å². The Kier molecular flexibility index (Phi) is 3.41. The summed E-state index contributed by atoms with van der Waals surface area (Å²) in [5.74, 6) is 0.526. The standard InChI is InChI=1S/C14H14N4O3/c1-21-14-11(6-16-17-14)12-4-13-10(5-15-12)9(8-20)7-18(13)2-3-19/h4-8,19H,2-3H2,1H3,(H,16,17). The predicted octanol–water partition coefficient (Wildman–Crippen LogP) is 1.24. The maximum Gasteiger partial charge on any atom is 0.218 e. The number of aldehydes is 1. The zero-order valence-electron chi connectivity index (χ0n) is 11.4. The van der Waals surface area contributed by atoms with Gasteiger partial charge in [-0.05, 0) is 6.07 Å². The Morgan fingerprint density at radius 1 is 1.48 bits per heavy atom. The van der Waals surface area contributed by atoms with Crippen molar-refractivity contribution < 1.29 is 14.6 Å². The van der Waals surface area contributed by atoms with E-state index in [4.69, 9.17) is 9.84 Å². The number of nitrogens with zero attached hydrogens (tertiary/aromatic N) is 3. The Bertz CT molecular complexity index is 791. The minimum Gasteiger partial charge on any atom is -0.481 e. The van der Waals surface area contributed by atoms with Gasteiger partial charge in [0.25, 0.3) is 0 Å². The van der Waals surface area contributed by atoms with E-state index in [2.05, 4.69) is 15.2 Å². The molecule has 0 aliphatic carbocycles. The van der Waals surface area contributed by atoms with E-state index in [0.717, 1.165) is 22.8 Å². The van der Waals surface area contributed by atoms with E-state index >= 15 is 0 Å². The molecule has 0 fully saturated rings. The molecule has 0 amide bonds. The molecule has 0 spiro atoms. The van der Waals surface area contributed by atoms with E-state index in [9.17, 15) is 4.79 Å². The number of carbonyl (C=O) groups is 1. The number of aromatic amines is 1. The van der Waals surface area contributed by atoms with Crippen LogP contribution in [-0.4, -0.2) is 44.9 Å². The molecule has 2 N–H and O–H groups in total. The van der Waals surface area contributed by atoms with Crippen molar-refractivity contribution in [3.63, 3.8) is 0 Å². The second kappa shape index (κ2) is 5.37. The minimum absolute atomic E-state index is 0.00519. The van der Waals surface area contributed by atoms with Gasteiger partial charge in [0.2, 0.25) is 5.88 Å². The third kappa shape index (κ3) is 2.17. The zero-order chi connectivity index (χ0) is 14.8. The smallest absolute Gasteiger partial charge is 0.218 e. The number of nitrogens with one attached hydrogen (secondary N) is 1. The van der Waals surface area contributed by atoms with Gasteiger partial charge in [0.1, 0.15) is 0 Å². The molecule has 21 heavy (non-hydrogen) atoms. The van der Waals surface area contributed by atoms with Crippen LogP contribution < -0.4 is 4.74 Å². The number of methoxy groups -OCH3 is 1. The first-order chi connectivity index (χ1) is 10.3. The summed E-state index contributed by atoms with van der Waals surface area (Å²) in [7, 11) is 1.55. The molecule has 3 aromatic heterocycles. The Morgan fingerprint density at radius 2 is 2.33 bits per heavy atom. The first-order valence-corrected chi connectivity index (χ1v) is 6.41. The summed E-state index contributed by atoms with van der Waals surface area (Å²) in [6.45, 7) is 0.408. The molecule has 0 bridgehead atoms. The molecule has 3 heterocycles. The number of hydrogen-bond acceptors (Lipinski definition) is 5. The van der Waals surface area contributed by atoms with Gasteiger partial charge in [-0.15, -0.1) is 0 Å². The summed E-state index contributed by atoms with van der Waals surface area (Å²) in [4.78, 5) is 15.5. The fourth-order valence-corrected chi connectivity index (χ4v) is 2.36. The first kappa shape index (κ1) is 13.3. The molecule has 0 saturated heterocycles. The van der Waals surface area contributed by atoms with Gasteiger partial charge in [0, 0.05) is 29.9 Å². The van der Waals surface area contributed by atoms with Crippen LogP contribution in [0.25, 0.3) is 22.2 Å². The fraction of sp³-hybridized carbons (Fsp3) is 0.214. The van der Waals surface area contributed by atoms with Crippen molar-refractivity contribution in [2.24, 2.45) is 0 Å². The van der Waals surface area contributed by atoms with Crippen molar-refractivity contribution in [2.75, 3.05) is 13.7 Å². The lowest BCUT2D eigenvalue weighted by Crippen LogP contribution is -2.00. The second-order valence-corrected chi connectivity index (χ2v) is 4.52. The molecule has 108 valence electrons. The molecule has 0 saturated carbocycles. The number of carbonyl (C=O) groups excluding carboxylic acids is 1. The van der Waals surface area contributed by atoms with Gasteiger partial charge in [-0.2, -0.15) is 5.10 Å². The van der Waals surface area contributed by atoms with Crippen molar-refractivity contribution in [3.8, 4) is 17.1 Å². The fourth-order valence-electron chi connectivity index (χ4n) is 2.36. The van der Waals surface area contributed by atoms with E-state index in [1.165, 1.54) is 0 Å². The van der Waals surface area contributed by atoms with Crippen LogP contribution >= 0.6 is 0 Å². The summed E-state index contributed by atoms with van der Waals surface area (Å²) in [6.07, 6.45) is 5.78. The van der Waals surface area contributed by atoms with Crippen LogP contribution in [0.4, 0.5) is 0 Å². The van der Waals surface area contributed by atoms with Gasteiger partial charge in [-0.25, -0.2) is 5.10 Å². The lowest BCUT2D eigenvalue weighted by Gasteiger charge is -2.05. The van der Waals surface area contributed by atoms with E-state index in [0.29, 0.717) is 23.7 Å². The predicted molar refractivity (Wildman–Crippen MR) is 76.3 cm³/mol. The van der Waals surface area contributed by atoms with E-state index in [1.54, 1.807) is 25.7 Å². The van der Waals surface area contributed by atoms with Gasteiger partial charge in [0.15, 0.2) is 6.29 Å². The van der Waals surface area contributed by atoms with Crippen LogP contribution in [-0.2, 0) is 6.54 Å². The number of hydrogen-bond donors (Lipinski definition) is 2. The minimum atomic E-state index is -0.00519. The van der Waals surface area contributed by atoms with Crippen molar-refractivity contribution in [3.05, 3.63) is 30.2 Å². The molecule has 0 atom stereocenters. The molecule has 7 nitrogen and oxygen atoms in total. The van der Waals surface area contributed by atoms with Crippen LogP contribution in [0.2, 0.25) is 0 Å². The average Bonchev–Trinajstić information content (AvgIpc) is 3.11. The number of ether oxygens (including phenoxy) is 1. The highest BCUT2D eigenvalue weighted by Crippen LogP contribution is 2.29. The maximum absolute atomic E-state index is 11.1. The molecule has 0 unspecified atom stereocenters. The monoisotopic (exact) mass is 286 g/mol. The highest BCUT2D eigenvalue weighted by molar-refractivity contribution is 5.98. The largest absolute Gasteiger partial charge is 0.481 e. The third-order valence-corrected chi connectivity index (χ3v) is 3.35. The number of aliphatic hydroxyl groups is 1. The normalized spacial score (nSPS) is 11.0. The lowest BCUT2D eigenvalue weighted by atomic mass is 10.1. The van der Waals surface area contributed by atoms with E-state index in [-0.39, 0.29) is 6.61 Å². The van der Waals surface area contributed by atoms with Gasteiger partial charge < -0.3 is 14.4 Å². The van der Waals surface area contributed by atoms with E-state index in [1.807, 2.05) is 10.6 Å².